The summed E-state index contributed by atoms with van der Waals surface area (Å²) in [5, 5.41) is 14.7. The highest BCUT2D eigenvalue weighted by Crippen LogP contribution is 2.47. The van der Waals surface area contributed by atoms with Gasteiger partial charge in [-0.05, 0) is 131 Å². The zero-order valence-corrected chi connectivity index (χ0v) is 56.2. The van der Waals surface area contributed by atoms with Gasteiger partial charge in [0.1, 0.15) is 18.5 Å². The van der Waals surface area contributed by atoms with E-state index in [1.165, 1.54) is 111 Å². The lowest BCUT2D eigenvalue weighted by Gasteiger charge is -2.12. The number of para-hydroxylation sites is 5. The van der Waals surface area contributed by atoms with E-state index in [1.54, 1.807) is 12.7 Å². The highest BCUT2D eigenvalue weighted by atomic mass is 32.1. The van der Waals surface area contributed by atoms with Crippen molar-refractivity contribution < 1.29 is 0 Å². The lowest BCUT2D eigenvalue weighted by atomic mass is 9.97. The Kier molecular flexibility index (Phi) is 12.4. The Balaban J connectivity index is 0.601. The molecule has 0 bridgehead atoms. The van der Waals surface area contributed by atoms with Crippen LogP contribution in [0.3, 0.4) is 0 Å². The fourth-order valence-electron chi connectivity index (χ4n) is 16.5. The van der Waals surface area contributed by atoms with Crippen molar-refractivity contribution in [3.05, 3.63) is 328 Å². The van der Waals surface area contributed by atoms with Crippen LogP contribution in [0.4, 0.5) is 0 Å². The molecule has 8 aromatic heterocycles. The van der Waals surface area contributed by atoms with Crippen molar-refractivity contribution in [2.45, 2.75) is 0 Å². The van der Waals surface area contributed by atoms with Crippen molar-refractivity contribution in [2.75, 3.05) is 0 Å². The molecule has 0 saturated heterocycles. The third kappa shape index (κ3) is 8.54. The van der Waals surface area contributed by atoms with Crippen LogP contribution < -0.4 is 0 Å². The molecule has 102 heavy (non-hydrogen) atoms. The van der Waals surface area contributed by atoms with Crippen molar-refractivity contribution in [3.63, 3.8) is 0 Å². The summed E-state index contributed by atoms with van der Waals surface area (Å²) in [6.07, 6.45) is 3.41. The van der Waals surface area contributed by atoms with Crippen LogP contribution in [-0.4, -0.2) is 38.2 Å². The molecule has 8 nitrogen and oxygen atoms in total. The van der Waals surface area contributed by atoms with E-state index in [4.69, 9.17) is 19.9 Å². The highest BCUT2D eigenvalue weighted by Gasteiger charge is 2.23. The average Bonchev–Trinajstić information content (AvgIpc) is 1.57. The van der Waals surface area contributed by atoms with Gasteiger partial charge in [-0.15, -0.1) is 22.7 Å². The number of fused-ring (bicyclic) bond motifs is 18. The largest absolute Gasteiger partial charge is 0.309 e. The predicted molar refractivity (Wildman–Crippen MR) is 428 cm³/mol. The summed E-state index contributed by atoms with van der Waals surface area (Å²) in [7, 11) is 0. The topological polar surface area (TPSA) is 71.3 Å². The molecule has 0 aliphatic carbocycles. The third-order valence-electron chi connectivity index (χ3n) is 21.0. The van der Waals surface area contributed by atoms with Crippen molar-refractivity contribution in [3.8, 4) is 78.9 Å². The Morgan fingerprint density at radius 2 is 0.647 bits per heavy atom. The van der Waals surface area contributed by atoms with Crippen molar-refractivity contribution in [1.82, 2.24) is 38.2 Å². The molecule has 22 rings (SSSR count). The minimum atomic E-state index is 0.816. The molecule has 0 fully saturated rings. The summed E-state index contributed by atoms with van der Waals surface area (Å²) >= 11 is 3.69. The second kappa shape index (κ2) is 22.2. The maximum atomic E-state index is 4.98. The normalized spacial score (nSPS) is 12.1. The SMILES string of the molecule is c1cc(-c2cc(-n3c4ccccc4c4cc(-n5c6ccccc6c6ccccc65)ccc43)ncn2)cc(-c2cccc3c2sc2cc(-c4cccc5c4c4ccccc4n5-c4ccc5c(c4)c4ccccc4n5-c4cccc(-c5cc(-c6cccc7c6sc6ccccc67)ncn5)c4)ccc23)c1. The van der Waals surface area contributed by atoms with Gasteiger partial charge < -0.3 is 13.7 Å². The molecule has 0 atom stereocenters. The quantitative estimate of drug-likeness (QED) is 0.144. The minimum Gasteiger partial charge on any atom is -0.309 e. The number of hydrogen-bond donors (Lipinski definition) is 0. The first kappa shape index (κ1) is 56.9. The number of nitrogens with zero attached hydrogens (tertiary/aromatic N) is 8. The van der Waals surface area contributed by atoms with Gasteiger partial charge in [0.2, 0.25) is 0 Å². The molecule has 0 aliphatic rings. The van der Waals surface area contributed by atoms with Crippen LogP contribution in [0.1, 0.15) is 0 Å². The Hall–Kier alpha value is -13.1. The first-order valence-electron chi connectivity index (χ1n) is 34.4. The summed E-state index contributed by atoms with van der Waals surface area (Å²) in [4.78, 5) is 19.6. The first-order valence-corrected chi connectivity index (χ1v) is 36.0. The number of rotatable bonds is 9. The number of thiophene rings is 2. The van der Waals surface area contributed by atoms with Gasteiger partial charge in [0, 0.05) is 123 Å². The maximum Gasteiger partial charge on any atom is 0.141 e. The molecule has 22 aromatic rings. The fourth-order valence-corrected chi connectivity index (χ4v) is 19.0. The molecule has 474 valence electrons. The van der Waals surface area contributed by atoms with Crippen LogP contribution in [0, 0.1) is 0 Å². The van der Waals surface area contributed by atoms with E-state index in [0.717, 1.165) is 95.3 Å². The Bertz CT molecular complexity index is 7250. The van der Waals surface area contributed by atoms with Gasteiger partial charge in [0.05, 0.1) is 61.2 Å². The molecule has 0 radical (unpaired) electrons. The zero-order chi connectivity index (χ0) is 66.7. The van der Waals surface area contributed by atoms with Gasteiger partial charge in [0.15, 0.2) is 0 Å². The second-order valence-electron chi connectivity index (χ2n) is 26.5. The van der Waals surface area contributed by atoms with E-state index in [-0.39, 0.29) is 0 Å². The predicted octanol–water partition coefficient (Wildman–Crippen LogP) is 24.7. The summed E-state index contributed by atoms with van der Waals surface area (Å²) < 4.78 is 14.5. The molecule has 10 heteroatoms. The van der Waals surface area contributed by atoms with E-state index in [9.17, 15) is 0 Å². The van der Waals surface area contributed by atoms with Gasteiger partial charge in [-0.1, -0.05) is 200 Å². The number of benzene rings is 14. The van der Waals surface area contributed by atoms with Crippen molar-refractivity contribution in [1.29, 1.82) is 0 Å². The summed E-state index contributed by atoms with van der Waals surface area (Å²) in [5.41, 5.74) is 23.0. The lowest BCUT2D eigenvalue weighted by molar-refractivity contribution is 1.04. The van der Waals surface area contributed by atoms with Gasteiger partial charge in [-0.2, -0.15) is 0 Å². The van der Waals surface area contributed by atoms with Crippen molar-refractivity contribution >= 4 is 150 Å². The summed E-state index contributed by atoms with van der Waals surface area (Å²) in [6.45, 7) is 0. The highest BCUT2D eigenvalue weighted by molar-refractivity contribution is 7.26. The van der Waals surface area contributed by atoms with E-state index in [2.05, 4.69) is 334 Å². The number of aromatic nitrogens is 8. The van der Waals surface area contributed by atoms with E-state index in [1.807, 2.05) is 22.7 Å². The van der Waals surface area contributed by atoms with E-state index < -0.39 is 0 Å². The molecule has 0 spiro atoms. The molecule has 0 N–H and O–H groups in total. The van der Waals surface area contributed by atoms with Gasteiger partial charge >= 0.3 is 0 Å². The second-order valence-corrected chi connectivity index (χ2v) is 28.6. The molecule has 0 saturated carbocycles. The van der Waals surface area contributed by atoms with Crippen molar-refractivity contribution in [2.24, 2.45) is 0 Å². The van der Waals surface area contributed by atoms with Crippen LogP contribution >= 0.6 is 22.7 Å². The fraction of sp³-hybridized carbons (Fsp3) is 0. The zero-order valence-electron chi connectivity index (χ0n) is 54.6. The van der Waals surface area contributed by atoms with Crippen LogP contribution in [0.5, 0.6) is 0 Å². The molecular formula is C92H54N8S2. The molecule has 0 amide bonds. The van der Waals surface area contributed by atoms with E-state index in [0.29, 0.717) is 0 Å². The van der Waals surface area contributed by atoms with Gasteiger partial charge in [-0.3, -0.25) is 4.57 Å². The molecule has 0 unspecified atom stereocenters. The average molecular weight is 1340 g/mol. The maximum absolute atomic E-state index is 4.98. The lowest BCUT2D eigenvalue weighted by Crippen LogP contribution is -1.99. The molecular weight excluding hydrogens is 1280 g/mol. The number of hydrogen-bond acceptors (Lipinski definition) is 6. The van der Waals surface area contributed by atoms with Gasteiger partial charge in [0.25, 0.3) is 0 Å². The first-order chi connectivity index (χ1) is 50.6. The standard InChI is InChI=1S/C92H54N8S2/c1-7-33-79-64(22-1)65-23-2-8-34-80(65)98(79)60-42-45-85-75(49-60)67-25-4-10-36-82(67)100(85)89-52-77(94-54-96-89)57-19-13-18-55(46-57)63-29-15-30-71-69-43-40-56(48-88(69)102-91(63)71)62-28-17-38-86-90(62)73-27-5-11-37-83(73)99(86)61-41-44-84-74(50-61)66-24-3-9-35-81(66)97(84)59-21-14-20-58(47-59)76-51-78(95-53-93-76)72-32-16-31-70-68-26-6-12-39-87(68)101-92(70)72/h1-54H. The Morgan fingerprint density at radius 3 is 1.34 bits per heavy atom. The minimum absolute atomic E-state index is 0.816. The smallest absolute Gasteiger partial charge is 0.141 e. The van der Waals surface area contributed by atoms with E-state index >= 15 is 0 Å². The molecule has 8 heterocycles. The van der Waals surface area contributed by atoms with Crippen LogP contribution in [0.25, 0.3) is 206 Å². The van der Waals surface area contributed by atoms with Crippen LogP contribution in [-0.2, 0) is 0 Å². The monoisotopic (exact) mass is 1330 g/mol. The Labute approximate surface area is 591 Å². The third-order valence-corrected chi connectivity index (χ3v) is 23.4. The summed E-state index contributed by atoms with van der Waals surface area (Å²) in [5.74, 6) is 0.816. The Morgan fingerprint density at radius 1 is 0.216 bits per heavy atom. The van der Waals surface area contributed by atoms with Crippen LogP contribution in [0.2, 0.25) is 0 Å². The summed E-state index contributed by atoms with van der Waals surface area (Å²) in [6, 6.07) is 115. The molecule has 14 aromatic carbocycles. The molecule has 0 aliphatic heterocycles. The van der Waals surface area contributed by atoms with Gasteiger partial charge in [-0.25, -0.2) is 19.9 Å². The van der Waals surface area contributed by atoms with Crippen LogP contribution in [0.15, 0.2) is 328 Å².